The highest BCUT2D eigenvalue weighted by Gasteiger charge is 2.34. The molecule has 0 aromatic heterocycles. The summed E-state index contributed by atoms with van der Waals surface area (Å²) in [6.45, 7) is 8.49. The van der Waals surface area contributed by atoms with Crippen LogP contribution in [0.4, 0.5) is 5.69 Å². The number of nitrogens with zero attached hydrogens (tertiary/aromatic N) is 2. The number of hydrogen-bond donors (Lipinski definition) is 1. The average molecular weight is 605 g/mol. The average Bonchev–Trinajstić information content (AvgIpc) is 2.93. The molecule has 40 heavy (non-hydrogen) atoms. The summed E-state index contributed by atoms with van der Waals surface area (Å²) in [7, 11) is -4.15. The first-order chi connectivity index (χ1) is 18.9. The van der Waals surface area contributed by atoms with Gasteiger partial charge in [-0.25, -0.2) is 8.42 Å². The van der Waals surface area contributed by atoms with E-state index in [2.05, 4.69) is 5.32 Å². The highest BCUT2D eigenvalue weighted by Crippen LogP contribution is 2.30. The van der Waals surface area contributed by atoms with Crippen molar-refractivity contribution >= 4 is 50.7 Å². The largest absolute Gasteiger partial charge is 0.352 e. The van der Waals surface area contributed by atoms with Crippen molar-refractivity contribution in [2.45, 2.75) is 64.6 Å². The molecule has 3 aromatic carbocycles. The molecule has 214 valence electrons. The van der Waals surface area contributed by atoms with E-state index < -0.39 is 28.5 Å². The first-order valence-corrected chi connectivity index (χ1v) is 15.2. The number of benzene rings is 3. The van der Waals surface area contributed by atoms with Crippen molar-refractivity contribution in [3.63, 3.8) is 0 Å². The zero-order valence-electron chi connectivity index (χ0n) is 23.3. The molecule has 0 radical (unpaired) electrons. The van der Waals surface area contributed by atoms with Crippen molar-refractivity contribution in [2.75, 3.05) is 10.8 Å². The van der Waals surface area contributed by atoms with Crippen molar-refractivity contribution in [3.05, 3.63) is 93.5 Å². The first-order valence-electron chi connectivity index (χ1n) is 13.0. The van der Waals surface area contributed by atoms with Gasteiger partial charge in [0.2, 0.25) is 11.8 Å². The second-order valence-corrected chi connectivity index (χ2v) is 12.4. The zero-order valence-corrected chi connectivity index (χ0v) is 25.6. The maximum atomic E-state index is 14.1. The third-order valence-electron chi connectivity index (χ3n) is 7.01. The maximum Gasteiger partial charge on any atom is 0.264 e. The van der Waals surface area contributed by atoms with Crippen LogP contribution in [0.1, 0.15) is 43.9 Å². The molecule has 0 fully saturated rings. The number of amides is 2. The quantitative estimate of drug-likeness (QED) is 0.285. The fourth-order valence-electron chi connectivity index (χ4n) is 4.14. The number of nitrogens with one attached hydrogen (secondary N) is 1. The summed E-state index contributed by atoms with van der Waals surface area (Å²) in [5, 5.41) is 3.58. The number of hydrogen-bond acceptors (Lipinski definition) is 4. The van der Waals surface area contributed by atoms with Crippen molar-refractivity contribution < 1.29 is 18.0 Å². The molecule has 7 nitrogen and oxygen atoms in total. The lowest BCUT2D eigenvalue weighted by Gasteiger charge is -2.33. The van der Waals surface area contributed by atoms with Crippen LogP contribution in [0.5, 0.6) is 0 Å². The molecular weight excluding hydrogens is 569 g/mol. The second-order valence-electron chi connectivity index (χ2n) is 9.76. The lowest BCUT2D eigenvalue weighted by molar-refractivity contribution is -0.139. The molecule has 3 aromatic rings. The number of carbonyl (C=O) groups is 2. The predicted molar refractivity (Wildman–Crippen MR) is 161 cm³/mol. The SMILES string of the molecule is CC[C@H](C)NC(=O)[C@H](C)N(Cc1c(Cl)cccc1Cl)C(=O)CN(c1cccc(C)c1C)S(=O)(=O)c1ccccc1. The Morgan fingerprint density at radius 2 is 1.50 bits per heavy atom. The highest BCUT2D eigenvalue weighted by atomic mass is 35.5. The van der Waals surface area contributed by atoms with Crippen LogP contribution in [0.2, 0.25) is 10.0 Å². The van der Waals surface area contributed by atoms with Gasteiger partial charge in [0.05, 0.1) is 10.6 Å². The monoisotopic (exact) mass is 603 g/mol. The minimum absolute atomic E-state index is 0.0481. The van der Waals surface area contributed by atoms with E-state index in [-0.39, 0.29) is 23.4 Å². The third kappa shape index (κ3) is 7.16. The lowest BCUT2D eigenvalue weighted by atomic mass is 10.1. The third-order valence-corrected chi connectivity index (χ3v) is 9.50. The van der Waals surface area contributed by atoms with Crippen molar-refractivity contribution in [1.82, 2.24) is 10.2 Å². The molecule has 3 rings (SSSR count). The van der Waals surface area contributed by atoms with E-state index in [1.165, 1.54) is 17.0 Å². The lowest BCUT2D eigenvalue weighted by Crippen LogP contribution is -2.52. The van der Waals surface area contributed by atoms with Gasteiger partial charge in [-0.05, 0) is 75.6 Å². The van der Waals surface area contributed by atoms with Crippen LogP contribution in [0.3, 0.4) is 0 Å². The number of halogens is 2. The molecule has 0 aliphatic carbocycles. The summed E-state index contributed by atoms with van der Waals surface area (Å²) < 4.78 is 29.0. The Morgan fingerprint density at radius 3 is 2.10 bits per heavy atom. The molecule has 0 saturated heterocycles. The molecule has 10 heteroatoms. The number of rotatable bonds is 11. The van der Waals surface area contributed by atoms with Gasteiger partial charge in [-0.1, -0.05) is 66.5 Å². The number of anilines is 1. The van der Waals surface area contributed by atoms with E-state index >= 15 is 0 Å². The Labute approximate surface area is 247 Å². The van der Waals surface area contributed by atoms with E-state index in [0.717, 1.165) is 15.4 Å². The fourth-order valence-corrected chi connectivity index (χ4v) is 6.15. The number of carbonyl (C=O) groups excluding carboxylic acids is 2. The molecule has 0 unspecified atom stereocenters. The molecule has 0 bridgehead atoms. The standard InChI is InChI=1S/C30H35Cl2N3O4S/c1-6-21(3)33-30(37)23(5)34(18-25-26(31)15-11-16-27(25)32)29(36)19-35(28-17-10-12-20(2)22(28)4)40(38,39)24-13-8-7-9-14-24/h7-17,21,23H,6,18-19H2,1-5H3,(H,33,37)/t21-,23-/m0/s1. The van der Waals surface area contributed by atoms with Crippen LogP contribution in [0.25, 0.3) is 0 Å². The van der Waals surface area contributed by atoms with E-state index in [9.17, 15) is 18.0 Å². The minimum Gasteiger partial charge on any atom is -0.352 e. The zero-order chi connectivity index (χ0) is 29.6. The van der Waals surface area contributed by atoms with Crippen LogP contribution < -0.4 is 9.62 Å². The van der Waals surface area contributed by atoms with Gasteiger partial charge < -0.3 is 10.2 Å². The Balaban J connectivity index is 2.10. The van der Waals surface area contributed by atoms with Gasteiger partial charge >= 0.3 is 0 Å². The van der Waals surface area contributed by atoms with Gasteiger partial charge in [0.15, 0.2) is 0 Å². The second kappa shape index (κ2) is 13.5. The van der Waals surface area contributed by atoms with E-state index in [1.54, 1.807) is 55.5 Å². The Hall–Kier alpha value is -3.07. The maximum absolute atomic E-state index is 14.1. The van der Waals surface area contributed by atoms with Gasteiger partial charge in [0, 0.05) is 28.2 Å². The van der Waals surface area contributed by atoms with E-state index in [0.29, 0.717) is 27.7 Å². The number of aryl methyl sites for hydroxylation is 1. The molecule has 0 saturated carbocycles. The normalized spacial score (nSPS) is 12.9. The Morgan fingerprint density at radius 1 is 0.900 bits per heavy atom. The molecule has 0 aliphatic heterocycles. The van der Waals surface area contributed by atoms with Crippen LogP contribution in [0, 0.1) is 13.8 Å². The smallest absolute Gasteiger partial charge is 0.264 e. The van der Waals surface area contributed by atoms with Crippen molar-refractivity contribution in [2.24, 2.45) is 0 Å². The predicted octanol–water partition coefficient (Wildman–Crippen LogP) is 6.14. The van der Waals surface area contributed by atoms with Crippen LogP contribution >= 0.6 is 23.2 Å². The summed E-state index contributed by atoms with van der Waals surface area (Å²) in [4.78, 5) is 28.6. The first kappa shape index (κ1) is 31.5. The van der Waals surface area contributed by atoms with Crippen LogP contribution in [-0.2, 0) is 26.2 Å². The summed E-state index contributed by atoms with van der Waals surface area (Å²) in [5.41, 5.74) is 2.44. The Kier molecular flexibility index (Phi) is 10.6. The number of sulfonamides is 1. The topological polar surface area (TPSA) is 86.8 Å². The summed E-state index contributed by atoms with van der Waals surface area (Å²) in [6.07, 6.45) is 0.707. The Bertz CT molecular complexity index is 1440. The highest BCUT2D eigenvalue weighted by molar-refractivity contribution is 7.92. The van der Waals surface area contributed by atoms with Crippen molar-refractivity contribution in [3.8, 4) is 0 Å². The molecule has 0 heterocycles. The molecule has 0 aliphatic rings. The van der Waals surface area contributed by atoms with E-state index in [4.69, 9.17) is 23.2 Å². The molecule has 2 atom stereocenters. The summed E-state index contributed by atoms with van der Waals surface area (Å²) >= 11 is 12.9. The summed E-state index contributed by atoms with van der Waals surface area (Å²) in [6, 6.07) is 17.2. The molecule has 2 amide bonds. The van der Waals surface area contributed by atoms with Crippen LogP contribution in [-0.4, -0.2) is 43.8 Å². The fraction of sp³-hybridized carbons (Fsp3) is 0.333. The van der Waals surface area contributed by atoms with Gasteiger partial charge in [0.1, 0.15) is 12.6 Å². The van der Waals surface area contributed by atoms with Gasteiger partial charge in [-0.2, -0.15) is 0 Å². The molecule has 0 spiro atoms. The molecule has 1 N–H and O–H groups in total. The van der Waals surface area contributed by atoms with Gasteiger partial charge in [-0.15, -0.1) is 0 Å². The van der Waals surface area contributed by atoms with Gasteiger partial charge in [-0.3, -0.25) is 13.9 Å². The molecular formula is C30H35Cl2N3O4S. The van der Waals surface area contributed by atoms with Crippen molar-refractivity contribution in [1.29, 1.82) is 0 Å². The van der Waals surface area contributed by atoms with Crippen LogP contribution in [0.15, 0.2) is 71.6 Å². The van der Waals surface area contributed by atoms with E-state index in [1.807, 2.05) is 33.8 Å². The van der Waals surface area contributed by atoms with Gasteiger partial charge in [0.25, 0.3) is 10.0 Å². The summed E-state index contributed by atoms with van der Waals surface area (Å²) in [5.74, 6) is -0.946. The minimum atomic E-state index is -4.15.